The van der Waals surface area contributed by atoms with Gasteiger partial charge in [0.25, 0.3) is 11.8 Å². The highest BCUT2D eigenvalue weighted by molar-refractivity contribution is 7.13. The number of aryl methyl sites for hydroxylation is 2. The summed E-state index contributed by atoms with van der Waals surface area (Å²) in [6.07, 6.45) is 0. The lowest BCUT2D eigenvalue weighted by atomic mass is 9.99. The Hall–Kier alpha value is -5.96. The molecular weight excluding hydrogens is 657 g/mol. The van der Waals surface area contributed by atoms with Gasteiger partial charge in [-0.15, -0.1) is 22.7 Å². The van der Waals surface area contributed by atoms with Crippen molar-refractivity contribution in [2.45, 2.75) is 13.8 Å². The topological polar surface area (TPSA) is 84.0 Å². The van der Waals surface area contributed by atoms with E-state index in [1.54, 1.807) is 22.7 Å². The number of hydrogen-bond acceptors (Lipinski definition) is 6. The van der Waals surface area contributed by atoms with Gasteiger partial charge in [-0.25, -0.2) is 9.97 Å². The molecule has 50 heavy (non-hydrogen) atoms. The van der Waals surface area contributed by atoms with Crippen molar-refractivity contribution in [2.75, 3.05) is 10.6 Å². The van der Waals surface area contributed by atoms with Crippen molar-refractivity contribution < 1.29 is 9.59 Å². The first-order valence-electron chi connectivity index (χ1n) is 16.1. The number of rotatable bonds is 7. The highest BCUT2D eigenvalue weighted by Crippen LogP contribution is 2.32. The van der Waals surface area contributed by atoms with Crippen LogP contribution in [0, 0.1) is 13.8 Å². The van der Waals surface area contributed by atoms with Gasteiger partial charge in [-0.05, 0) is 108 Å². The maximum Gasteiger partial charge on any atom is 0.256 e. The van der Waals surface area contributed by atoms with Crippen LogP contribution in [0.5, 0.6) is 0 Å². The molecule has 4 heterocycles. The summed E-state index contributed by atoms with van der Waals surface area (Å²) < 4.78 is 0. The molecule has 0 aliphatic carbocycles. The third-order valence-corrected chi connectivity index (χ3v) is 10.5. The standard InChI is InChI=1S/C42H30N4O2S2/c1-25-21-27(15-17-33(25)45-41(47)31-23-37(39-13-7-19-49-39)43-35-11-5-3-9-29(31)35)28-16-18-34(26(2)22-28)46-42(48)32-24-38(40-14-8-20-50-40)44-36-12-6-4-10-30(32)36/h3-24H,1-2H3,(H,45,47)(H,46,48). The zero-order valence-electron chi connectivity index (χ0n) is 27.2. The summed E-state index contributed by atoms with van der Waals surface area (Å²) in [5.74, 6) is -0.365. The lowest BCUT2D eigenvalue weighted by Crippen LogP contribution is -2.14. The molecule has 4 aromatic carbocycles. The molecule has 8 aromatic rings. The fraction of sp³-hybridized carbons (Fsp3) is 0.0476. The summed E-state index contributed by atoms with van der Waals surface area (Å²) in [6.45, 7) is 3.98. The summed E-state index contributed by atoms with van der Waals surface area (Å²) >= 11 is 3.20. The fourth-order valence-corrected chi connectivity index (χ4v) is 7.55. The lowest BCUT2D eigenvalue weighted by Gasteiger charge is -2.14. The first kappa shape index (κ1) is 31.3. The van der Waals surface area contributed by atoms with Gasteiger partial charge in [0.1, 0.15) is 0 Å². The lowest BCUT2D eigenvalue weighted by molar-refractivity contribution is 0.102. The zero-order chi connectivity index (χ0) is 34.2. The molecule has 242 valence electrons. The van der Waals surface area contributed by atoms with Gasteiger partial charge < -0.3 is 10.6 Å². The van der Waals surface area contributed by atoms with Crippen molar-refractivity contribution in [3.05, 3.63) is 154 Å². The quantitative estimate of drug-likeness (QED) is 0.175. The van der Waals surface area contributed by atoms with E-state index in [0.29, 0.717) is 11.1 Å². The predicted molar refractivity (Wildman–Crippen MR) is 207 cm³/mol. The van der Waals surface area contributed by atoms with E-state index >= 15 is 0 Å². The van der Waals surface area contributed by atoms with E-state index < -0.39 is 0 Å². The molecule has 6 nitrogen and oxygen atoms in total. The predicted octanol–water partition coefficient (Wildman–Crippen LogP) is 11.0. The van der Waals surface area contributed by atoms with Crippen LogP contribution in [0.4, 0.5) is 11.4 Å². The minimum atomic E-state index is -0.183. The molecule has 8 heteroatoms. The van der Waals surface area contributed by atoms with E-state index in [-0.39, 0.29) is 11.8 Å². The van der Waals surface area contributed by atoms with Gasteiger partial charge in [0.15, 0.2) is 0 Å². The summed E-state index contributed by atoms with van der Waals surface area (Å²) in [5.41, 5.74) is 9.66. The van der Waals surface area contributed by atoms with E-state index in [2.05, 4.69) is 22.8 Å². The number of pyridine rings is 2. The number of carbonyl (C=O) groups is 2. The molecule has 0 bridgehead atoms. The first-order chi connectivity index (χ1) is 24.4. The van der Waals surface area contributed by atoms with Gasteiger partial charge in [-0.2, -0.15) is 0 Å². The number of aromatic nitrogens is 2. The second-order valence-corrected chi connectivity index (χ2v) is 14.0. The number of fused-ring (bicyclic) bond motifs is 2. The maximum atomic E-state index is 13.7. The Morgan fingerprint density at radius 3 is 1.36 bits per heavy atom. The van der Waals surface area contributed by atoms with Gasteiger partial charge in [0.05, 0.1) is 43.3 Å². The number of para-hydroxylation sites is 2. The van der Waals surface area contributed by atoms with Gasteiger partial charge in [0, 0.05) is 22.1 Å². The van der Waals surface area contributed by atoms with Crippen molar-refractivity contribution in [1.82, 2.24) is 9.97 Å². The van der Waals surface area contributed by atoms with E-state index in [4.69, 9.17) is 9.97 Å². The van der Waals surface area contributed by atoms with Crippen LogP contribution in [0.1, 0.15) is 31.8 Å². The smallest absolute Gasteiger partial charge is 0.256 e. The van der Waals surface area contributed by atoms with E-state index in [1.165, 1.54) is 0 Å². The SMILES string of the molecule is Cc1cc(-c2ccc(NC(=O)c3cc(-c4cccs4)nc4ccccc34)c(C)c2)ccc1NC(=O)c1cc(-c2cccs2)nc2ccccc12. The molecule has 0 spiro atoms. The molecule has 0 fully saturated rings. The fourth-order valence-electron chi connectivity index (χ4n) is 6.17. The maximum absolute atomic E-state index is 13.7. The number of carbonyl (C=O) groups excluding carboxylic acids is 2. The summed E-state index contributed by atoms with van der Waals surface area (Å²) in [7, 11) is 0. The average molecular weight is 687 g/mol. The van der Waals surface area contributed by atoms with Crippen LogP contribution in [0.15, 0.2) is 132 Å². The number of amides is 2. The van der Waals surface area contributed by atoms with Crippen LogP contribution in [-0.2, 0) is 0 Å². The van der Waals surface area contributed by atoms with Gasteiger partial charge >= 0.3 is 0 Å². The van der Waals surface area contributed by atoms with Crippen LogP contribution >= 0.6 is 22.7 Å². The monoisotopic (exact) mass is 686 g/mol. The number of nitrogens with zero attached hydrogens (tertiary/aromatic N) is 2. The number of thiophene rings is 2. The number of nitrogens with one attached hydrogen (secondary N) is 2. The van der Waals surface area contributed by atoms with Crippen LogP contribution in [0.2, 0.25) is 0 Å². The number of benzene rings is 4. The molecule has 0 saturated carbocycles. The van der Waals surface area contributed by atoms with E-state index in [1.807, 2.05) is 134 Å². The van der Waals surface area contributed by atoms with Gasteiger partial charge in [-0.1, -0.05) is 60.7 Å². The Balaban J connectivity index is 1.03. The number of anilines is 2. The van der Waals surface area contributed by atoms with Crippen LogP contribution in [0.25, 0.3) is 54.1 Å². The Morgan fingerprint density at radius 1 is 0.520 bits per heavy atom. The Kier molecular flexibility index (Phi) is 8.24. The van der Waals surface area contributed by atoms with Gasteiger partial charge in [0.2, 0.25) is 0 Å². The van der Waals surface area contributed by atoms with Crippen molar-refractivity contribution in [2.24, 2.45) is 0 Å². The summed E-state index contributed by atoms with van der Waals surface area (Å²) in [6, 6.07) is 39.2. The van der Waals surface area contributed by atoms with E-state index in [9.17, 15) is 9.59 Å². The van der Waals surface area contributed by atoms with Crippen molar-refractivity contribution >= 4 is 67.7 Å². The largest absolute Gasteiger partial charge is 0.322 e. The second kappa shape index (κ2) is 13.2. The molecule has 0 saturated heterocycles. The molecule has 8 rings (SSSR count). The van der Waals surface area contributed by atoms with Crippen molar-refractivity contribution in [1.29, 1.82) is 0 Å². The van der Waals surface area contributed by atoms with E-state index in [0.717, 1.165) is 76.6 Å². The molecule has 4 aromatic heterocycles. The van der Waals surface area contributed by atoms with Crippen molar-refractivity contribution in [3.8, 4) is 32.3 Å². The minimum absolute atomic E-state index is 0.183. The molecule has 0 radical (unpaired) electrons. The average Bonchev–Trinajstić information content (AvgIpc) is 3.88. The first-order valence-corrected chi connectivity index (χ1v) is 17.9. The third kappa shape index (κ3) is 6.07. The Morgan fingerprint density at radius 2 is 0.960 bits per heavy atom. The number of hydrogen-bond donors (Lipinski definition) is 2. The molecule has 2 amide bonds. The highest BCUT2D eigenvalue weighted by Gasteiger charge is 2.18. The second-order valence-electron chi connectivity index (χ2n) is 12.1. The molecule has 0 aliphatic rings. The summed E-state index contributed by atoms with van der Waals surface area (Å²) in [5, 5.41) is 11.9. The summed E-state index contributed by atoms with van der Waals surface area (Å²) in [4.78, 5) is 39.1. The van der Waals surface area contributed by atoms with Crippen LogP contribution in [-0.4, -0.2) is 21.8 Å². The molecule has 0 atom stereocenters. The Bertz CT molecular complexity index is 2380. The van der Waals surface area contributed by atoms with Gasteiger partial charge in [-0.3, -0.25) is 9.59 Å². The molecule has 2 N–H and O–H groups in total. The Labute approximate surface area is 297 Å². The normalized spacial score (nSPS) is 11.2. The highest BCUT2D eigenvalue weighted by atomic mass is 32.1. The molecule has 0 aliphatic heterocycles. The minimum Gasteiger partial charge on any atom is -0.322 e. The molecular formula is C42H30N4O2S2. The molecule has 0 unspecified atom stereocenters. The van der Waals surface area contributed by atoms with Crippen LogP contribution in [0.3, 0.4) is 0 Å². The van der Waals surface area contributed by atoms with Crippen molar-refractivity contribution in [3.63, 3.8) is 0 Å². The zero-order valence-corrected chi connectivity index (χ0v) is 28.9. The third-order valence-electron chi connectivity index (χ3n) is 8.75. The van der Waals surface area contributed by atoms with Crippen LogP contribution < -0.4 is 10.6 Å².